The standard InChI is InChI=1S/C14H21N3O/c1-5-8-11-16(12-9-6-2)14(18)17(15-4)13-10-7-3/h5-10H,11-13H2,1-3H3. The Morgan fingerprint density at radius 3 is 1.83 bits per heavy atom. The van der Waals surface area contributed by atoms with Crippen LogP contribution in [0.25, 0.3) is 4.95 Å². The van der Waals surface area contributed by atoms with Crippen LogP contribution < -0.4 is 0 Å². The second-order valence-electron chi connectivity index (χ2n) is 3.58. The van der Waals surface area contributed by atoms with Gasteiger partial charge in [-0.3, -0.25) is 0 Å². The Balaban J connectivity index is 4.73. The Labute approximate surface area is 110 Å². The molecule has 2 amide bonds. The summed E-state index contributed by atoms with van der Waals surface area (Å²) in [6, 6.07) is -0.265. The fraction of sp³-hybridized carbons (Fsp3) is 0.429. The van der Waals surface area contributed by atoms with Gasteiger partial charge in [-0.1, -0.05) is 36.5 Å². The Bertz CT molecular complexity index is 350. The van der Waals surface area contributed by atoms with Crippen molar-refractivity contribution in [1.29, 1.82) is 0 Å². The van der Waals surface area contributed by atoms with Crippen molar-refractivity contribution in [2.45, 2.75) is 20.8 Å². The van der Waals surface area contributed by atoms with Crippen molar-refractivity contribution in [2.24, 2.45) is 0 Å². The number of urea groups is 1. The zero-order valence-electron chi connectivity index (χ0n) is 11.3. The van der Waals surface area contributed by atoms with Crippen molar-refractivity contribution in [3.05, 3.63) is 48.0 Å². The molecule has 18 heavy (non-hydrogen) atoms. The van der Waals surface area contributed by atoms with Crippen molar-refractivity contribution < 1.29 is 4.79 Å². The molecule has 0 aromatic heterocycles. The quantitative estimate of drug-likeness (QED) is 0.402. The molecule has 0 aromatic carbocycles. The molecule has 0 heterocycles. The highest BCUT2D eigenvalue weighted by molar-refractivity contribution is 5.75. The van der Waals surface area contributed by atoms with Gasteiger partial charge in [0.05, 0.1) is 0 Å². The van der Waals surface area contributed by atoms with Gasteiger partial charge in [0.15, 0.2) is 0 Å². The number of allylic oxidation sites excluding steroid dienone is 3. The second-order valence-corrected chi connectivity index (χ2v) is 3.58. The minimum absolute atomic E-state index is 0.265. The molecule has 0 aliphatic heterocycles. The predicted octanol–water partition coefficient (Wildman–Crippen LogP) is 3.27. The van der Waals surface area contributed by atoms with Gasteiger partial charge in [-0.25, -0.2) is 4.79 Å². The van der Waals surface area contributed by atoms with Crippen LogP contribution in [0.3, 0.4) is 0 Å². The number of hydrogen-bond acceptors (Lipinski definition) is 1. The van der Waals surface area contributed by atoms with Gasteiger partial charge in [0.25, 0.3) is 0 Å². The molecule has 0 rings (SSSR count). The number of hydrogen-bond donors (Lipinski definition) is 0. The van der Waals surface area contributed by atoms with Crippen LogP contribution in [-0.4, -0.2) is 35.6 Å². The number of carbonyl (C=O) groups is 1. The van der Waals surface area contributed by atoms with Gasteiger partial charge in [-0.2, -0.15) is 11.5 Å². The molecule has 0 aliphatic rings. The van der Waals surface area contributed by atoms with E-state index in [2.05, 4.69) is 4.95 Å². The highest BCUT2D eigenvalue weighted by atomic mass is 16.2. The summed E-state index contributed by atoms with van der Waals surface area (Å²) in [6.07, 6.45) is 11.2. The molecule has 0 saturated heterocycles. The van der Waals surface area contributed by atoms with Gasteiger partial charge >= 0.3 is 6.03 Å². The molecule has 0 fully saturated rings. The van der Waals surface area contributed by atoms with E-state index in [4.69, 9.17) is 6.57 Å². The van der Waals surface area contributed by atoms with E-state index in [0.717, 1.165) is 5.01 Å². The predicted molar refractivity (Wildman–Crippen MR) is 74.7 cm³/mol. The van der Waals surface area contributed by atoms with Crippen LogP contribution in [0, 0.1) is 6.57 Å². The summed E-state index contributed by atoms with van der Waals surface area (Å²) in [5.41, 5.74) is 0. The van der Waals surface area contributed by atoms with Crippen LogP contribution in [0.2, 0.25) is 0 Å². The summed E-state index contributed by atoms with van der Waals surface area (Å²) in [5, 5.41) is 1.13. The average molecular weight is 247 g/mol. The van der Waals surface area contributed by atoms with Gasteiger partial charge in [-0.05, 0) is 25.8 Å². The SMILES string of the molecule is [C-]#[N+]N(CC=CC)C(=O)N(CC=CC)CC=CC. The van der Waals surface area contributed by atoms with Crippen LogP contribution in [0.5, 0.6) is 0 Å². The topological polar surface area (TPSA) is 27.9 Å². The third-order valence-corrected chi connectivity index (χ3v) is 2.25. The van der Waals surface area contributed by atoms with Gasteiger partial charge in [-0.15, -0.1) is 0 Å². The molecule has 0 radical (unpaired) electrons. The van der Waals surface area contributed by atoms with Gasteiger partial charge in [0, 0.05) is 13.1 Å². The molecular formula is C14H21N3O. The zero-order chi connectivity index (χ0) is 13.8. The van der Waals surface area contributed by atoms with Gasteiger partial charge in [0.2, 0.25) is 0 Å². The van der Waals surface area contributed by atoms with Crippen LogP contribution in [0.15, 0.2) is 36.5 Å². The number of amides is 2. The molecule has 4 nitrogen and oxygen atoms in total. The van der Waals surface area contributed by atoms with Crippen molar-refractivity contribution in [1.82, 2.24) is 9.91 Å². The molecule has 0 bridgehead atoms. The van der Waals surface area contributed by atoms with E-state index in [1.807, 2.05) is 51.2 Å². The Hall–Kier alpha value is -2.02. The molecule has 0 aliphatic carbocycles. The molecule has 0 saturated carbocycles. The number of nitrogens with zero attached hydrogens (tertiary/aromatic N) is 3. The van der Waals surface area contributed by atoms with E-state index in [1.165, 1.54) is 0 Å². The maximum Gasteiger partial charge on any atom is 0.386 e. The number of carbonyl (C=O) groups excluding carboxylic acids is 1. The first kappa shape index (κ1) is 16.0. The first-order valence-corrected chi connectivity index (χ1v) is 5.98. The highest BCUT2D eigenvalue weighted by Gasteiger charge is 2.22. The molecule has 0 N–H and O–H groups in total. The van der Waals surface area contributed by atoms with E-state index in [-0.39, 0.29) is 6.03 Å². The van der Waals surface area contributed by atoms with E-state index in [0.29, 0.717) is 19.6 Å². The Kier molecular flexibility index (Phi) is 9.01. The lowest BCUT2D eigenvalue weighted by Gasteiger charge is -2.20. The van der Waals surface area contributed by atoms with Crippen molar-refractivity contribution >= 4 is 6.03 Å². The lowest BCUT2D eigenvalue weighted by atomic mass is 10.4. The third-order valence-electron chi connectivity index (χ3n) is 2.25. The normalized spacial score (nSPS) is 11.2. The molecule has 98 valence electrons. The summed E-state index contributed by atoms with van der Waals surface area (Å²) in [6.45, 7) is 14.1. The fourth-order valence-electron chi connectivity index (χ4n) is 1.23. The van der Waals surface area contributed by atoms with E-state index in [9.17, 15) is 4.79 Å². The molecular weight excluding hydrogens is 226 g/mol. The minimum atomic E-state index is -0.265. The van der Waals surface area contributed by atoms with Gasteiger partial charge < -0.3 is 4.90 Å². The largest absolute Gasteiger partial charge is 0.386 e. The van der Waals surface area contributed by atoms with E-state index >= 15 is 0 Å². The zero-order valence-corrected chi connectivity index (χ0v) is 11.3. The highest BCUT2D eigenvalue weighted by Crippen LogP contribution is 2.02. The van der Waals surface area contributed by atoms with Crippen molar-refractivity contribution in [3.8, 4) is 0 Å². The molecule has 0 atom stereocenters. The van der Waals surface area contributed by atoms with E-state index in [1.54, 1.807) is 11.0 Å². The summed E-state index contributed by atoms with van der Waals surface area (Å²) >= 11 is 0. The number of rotatable bonds is 6. The molecule has 0 aromatic rings. The summed E-state index contributed by atoms with van der Waals surface area (Å²) in [5.74, 6) is 0. The Morgan fingerprint density at radius 2 is 1.44 bits per heavy atom. The lowest BCUT2D eigenvalue weighted by Crippen LogP contribution is -2.40. The second kappa shape index (κ2) is 10.2. The fourth-order valence-corrected chi connectivity index (χ4v) is 1.23. The van der Waals surface area contributed by atoms with Gasteiger partial charge in [0.1, 0.15) is 6.54 Å². The smallest absolute Gasteiger partial charge is 0.312 e. The summed E-state index contributed by atoms with van der Waals surface area (Å²) in [7, 11) is 0. The minimum Gasteiger partial charge on any atom is -0.312 e. The molecule has 0 spiro atoms. The third kappa shape index (κ3) is 5.90. The van der Waals surface area contributed by atoms with Crippen molar-refractivity contribution in [2.75, 3.05) is 19.6 Å². The maximum absolute atomic E-state index is 12.1. The Morgan fingerprint density at radius 1 is 1.00 bits per heavy atom. The first-order valence-electron chi connectivity index (χ1n) is 5.98. The molecule has 4 heteroatoms. The molecule has 0 unspecified atom stereocenters. The first-order chi connectivity index (χ1) is 8.71. The van der Waals surface area contributed by atoms with E-state index < -0.39 is 0 Å². The lowest BCUT2D eigenvalue weighted by molar-refractivity contribution is 0.182. The van der Waals surface area contributed by atoms with Crippen LogP contribution in [0.4, 0.5) is 4.79 Å². The summed E-state index contributed by atoms with van der Waals surface area (Å²) < 4.78 is 0. The van der Waals surface area contributed by atoms with Crippen molar-refractivity contribution in [3.63, 3.8) is 0 Å². The monoisotopic (exact) mass is 247 g/mol. The summed E-state index contributed by atoms with van der Waals surface area (Å²) in [4.78, 5) is 17.0. The van der Waals surface area contributed by atoms with Crippen LogP contribution in [-0.2, 0) is 0 Å². The average Bonchev–Trinajstić information content (AvgIpc) is 2.39. The van der Waals surface area contributed by atoms with Crippen LogP contribution in [0.1, 0.15) is 20.8 Å². The van der Waals surface area contributed by atoms with Crippen LogP contribution >= 0.6 is 0 Å². The maximum atomic E-state index is 12.1.